The van der Waals surface area contributed by atoms with Gasteiger partial charge < -0.3 is 20.5 Å². The number of benzene rings is 1. The van der Waals surface area contributed by atoms with E-state index in [1.54, 1.807) is 6.07 Å². The lowest BCUT2D eigenvalue weighted by Crippen LogP contribution is -2.48. The van der Waals surface area contributed by atoms with Gasteiger partial charge in [0.2, 0.25) is 0 Å². The highest BCUT2D eigenvalue weighted by Crippen LogP contribution is 2.43. The molecule has 6 heteroatoms. The summed E-state index contributed by atoms with van der Waals surface area (Å²) in [6.45, 7) is 4.03. The molecule has 0 bridgehead atoms. The fraction of sp³-hybridized carbons (Fsp3) is 0.412. The Balaban J connectivity index is 2.12. The zero-order chi connectivity index (χ0) is 16.8. The minimum atomic E-state index is -0.571. The molecule has 2 amide bonds. The number of hydrogen-bond donors (Lipinski definition) is 3. The van der Waals surface area contributed by atoms with Gasteiger partial charge in [0, 0.05) is 29.3 Å². The van der Waals surface area contributed by atoms with Crippen molar-refractivity contribution in [3.63, 3.8) is 0 Å². The summed E-state index contributed by atoms with van der Waals surface area (Å²) < 4.78 is 5.30. The molecule has 122 valence electrons. The number of carbonyl (C=O) groups is 2. The number of rotatable bonds is 2. The highest BCUT2D eigenvalue weighted by atomic mass is 16.5. The molecule has 1 atom stereocenters. The van der Waals surface area contributed by atoms with Gasteiger partial charge in [-0.3, -0.25) is 4.79 Å². The molecule has 1 aromatic carbocycles. The number of phenols is 1. The van der Waals surface area contributed by atoms with E-state index in [0.717, 1.165) is 0 Å². The van der Waals surface area contributed by atoms with Gasteiger partial charge in [0.05, 0.1) is 13.2 Å². The molecule has 1 aliphatic heterocycles. The predicted octanol–water partition coefficient (Wildman–Crippen LogP) is 2.40. The van der Waals surface area contributed by atoms with Crippen LogP contribution in [0.3, 0.4) is 0 Å². The molecule has 0 radical (unpaired) electrons. The Morgan fingerprint density at radius 1 is 1.26 bits per heavy atom. The Kier molecular flexibility index (Phi) is 3.55. The fourth-order valence-electron chi connectivity index (χ4n) is 3.33. The largest absolute Gasteiger partial charge is 0.508 e. The molecule has 1 aliphatic carbocycles. The summed E-state index contributed by atoms with van der Waals surface area (Å²) in [4.78, 5) is 24.7. The maximum absolute atomic E-state index is 12.7. The summed E-state index contributed by atoms with van der Waals surface area (Å²) in [6, 6.07) is 3.75. The average molecular weight is 316 g/mol. The zero-order valence-electron chi connectivity index (χ0n) is 13.4. The van der Waals surface area contributed by atoms with Crippen LogP contribution >= 0.6 is 0 Å². The van der Waals surface area contributed by atoms with Crippen molar-refractivity contribution in [2.45, 2.75) is 32.7 Å². The second-order valence-corrected chi connectivity index (χ2v) is 6.79. The molecule has 0 saturated heterocycles. The van der Waals surface area contributed by atoms with Crippen LogP contribution < -0.4 is 15.4 Å². The number of hydrogen-bond acceptors (Lipinski definition) is 4. The van der Waals surface area contributed by atoms with E-state index in [1.807, 2.05) is 13.8 Å². The van der Waals surface area contributed by atoms with Crippen LogP contribution in [0, 0.1) is 5.41 Å². The number of nitrogens with one attached hydrogen (secondary N) is 2. The molecule has 0 fully saturated rings. The fourth-order valence-corrected chi connectivity index (χ4v) is 3.33. The molecule has 0 saturated carbocycles. The first kappa shape index (κ1) is 15.4. The van der Waals surface area contributed by atoms with Crippen LogP contribution in [-0.2, 0) is 4.79 Å². The topological polar surface area (TPSA) is 87.7 Å². The van der Waals surface area contributed by atoms with Crippen LogP contribution in [0.15, 0.2) is 29.5 Å². The van der Waals surface area contributed by atoms with E-state index >= 15 is 0 Å². The highest BCUT2D eigenvalue weighted by molar-refractivity contribution is 6.01. The molecule has 0 spiro atoms. The molecule has 3 rings (SSSR count). The van der Waals surface area contributed by atoms with Crippen molar-refractivity contribution in [3.8, 4) is 11.5 Å². The van der Waals surface area contributed by atoms with Crippen LogP contribution in [-0.4, -0.2) is 24.0 Å². The Morgan fingerprint density at radius 3 is 2.70 bits per heavy atom. The number of phenolic OH excluding ortho intramolecular Hbond substituents is 1. The summed E-state index contributed by atoms with van der Waals surface area (Å²) >= 11 is 0. The quantitative estimate of drug-likeness (QED) is 0.782. The van der Waals surface area contributed by atoms with Gasteiger partial charge in [-0.25, -0.2) is 4.79 Å². The van der Waals surface area contributed by atoms with Crippen LogP contribution in [0.4, 0.5) is 4.79 Å². The van der Waals surface area contributed by atoms with Crippen molar-refractivity contribution in [2.24, 2.45) is 5.41 Å². The molecule has 1 heterocycles. The number of ether oxygens (including phenoxy) is 1. The number of Topliss-reactive ketones (excluding diaryl/α,β-unsaturated/α-hetero) is 1. The third kappa shape index (κ3) is 2.76. The molecule has 0 aromatic heterocycles. The SMILES string of the molecule is COc1cc(O)ccc1C1NC(=O)NC2=C1C(=O)CC(C)(C)C2. The second kappa shape index (κ2) is 5.30. The van der Waals surface area contributed by atoms with Crippen LogP contribution in [0.25, 0.3) is 0 Å². The molecular formula is C17H20N2O4. The first-order valence-corrected chi connectivity index (χ1v) is 7.51. The third-order valence-electron chi connectivity index (χ3n) is 4.28. The van der Waals surface area contributed by atoms with E-state index < -0.39 is 6.04 Å². The molecule has 23 heavy (non-hydrogen) atoms. The lowest BCUT2D eigenvalue weighted by atomic mass is 9.73. The third-order valence-corrected chi connectivity index (χ3v) is 4.28. The summed E-state index contributed by atoms with van der Waals surface area (Å²) in [7, 11) is 1.49. The van der Waals surface area contributed by atoms with Crippen molar-refractivity contribution in [1.29, 1.82) is 0 Å². The van der Waals surface area contributed by atoms with Crippen molar-refractivity contribution in [2.75, 3.05) is 7.11 Å². The molecular weight excluding hydrogens is 296 g/mol. The van der Waals surface area contributed by atoms with Crippen molar-refractivity contribution < 1.29 is 19.4 Å². The van der Waals surface area contributed by atoms with E-state index in [0.29, 0.717) is 35.4 Å². The van der Waals surface area contributed by atoms with E-state index in [4.69, 9.17) is 4.74 Å². The number of allylic oxidation sites excluding steroid dienone is 1. The number of aromatic hydroxyl groups is 1. The molecule has 2 aliphatic rings. The Hall–Kier alpha value is -2.50. The Bertz CT molecular complexity index is 721. The minimum absolute atomic E-state index is 0.0175. The molecule has 1 unspecified atom stereocenters. The summed E-state index contributed by atoms with van der Waals surface area (Å²) in [5, 5.41) is 15.2. The smallest absolute Gasteiger partial charge is 0.319 e. The highest BCUT2D eigenvalue weighted by Gasteiger charge is 2.41. The Labute approximate surface area is 134 Å². The number of urea groups is 1. The number of amides is 2. The summed E-state index contributed by atoms with van der Waals surface area (Å²) in [6.07, 6.45) is 1.07. The standard InChI is InChI=1S/C17H20N2O4/c1-17(2)7-11-14(12(21)8-17)15(19-16(22)18-11)10-5-4-9(20)6-13(10)23-3/h4-6,15,20H,7-8H2,1-3H3,(H2,18,19,22). The van der Waals surface area contributed by atoms with Gasteiger partial charge in [-0.1, -0.05) is 13.8 Å². The van der Waals surface area contributed by atoms with Crippen LogP contribution in [0.1, 0.15) is 38.3 Å². The maximum atomic E-state index is 12.7. The minimum Gasteiger partial charge on any atom is -0.508 e. The van der Waals surface area contributed by atoms with Gasteiger partial charge in [-0.05, 0) is 24.0 Å². The van der Waals surface area contributed by atoms with Gasteiger partial charge in [-0.15, -0.1) is 0 Å². The van der Waals surface area contributed by atoms with E-state index in [-0.39, 0.29) is 23.0 Å². The normalized spacial score (nSPS) is 23.0. The van der Waals surface area contributed by atoms with Crippen molar-refractivity contribution >= 4 is 11.8 Å². The predicted molar refractivity (Wildman–Crippen MR) is 84.1 cm³/mol. The second-order valence-electron chi connectivity index (χ2n) is 6.79. The van der Waals surface area contributed by atoms with Gasteiger partial charge in [0.25, 0.3) is 0 Å². The Morgan fingerprint density at radius 2 is 2.00 bits per heavy atom. The van der Waals surface area contributed by atoms with E-state index in [1.165, 1.54) is 19.2 Å². The van der Waals surface area contributed by atoms with Crippen LogP contribution in [0.5, 0.6) is 11.5 Å². The lowest BCUT2D eigenvalue weighted by molar-refractivity contribution is -0.118. The van der Waals surface area contributed by atoms with E-state index in [9.17, 15) is 14.7 Å². The lowest BCUT2D eigenvalue weighted by Gasteiger charge is -2.38. The monoisotopic (exact) mass is 316 g/mol. The molecule has 6 nitrogen and oxygen atoms in total. The van der Waals surface area contributed by atoms with Crippen LogP contribution in [0.2, 0.25) is 0 Å². The number of methoxy groups -OCH3 is 1. The van der Waals surface area contributed by atoms with Crippen molar-refractivity contribution in [1.82, 2.24) is 10.6 Å². The van der Waals surface area contributed by atoms with Gasteiger partial charge in [0.15, 0.2) is 5.78 Å². The summed E-state index contributed by atoms with van der Waals surface area (Å²) in [5.41, 5.74) is 1.73. The number of carbonyl (C=O) groups excluding carboxylic acids is 2. The first-order chi connectivity index (χ1) is 10.8. The van der Waals surface area contributed by atoms with Gasteiger partial charge in [0.1, 0.15) is 11.5 Å². The average Bonchev–Trinajstić information content (AvgIpc) is 2.44. The summed E-state index contributed by atoms with van der Waals surface area (Å²) in [5.74, 6) is 0.515. The van der Waals surface area contributed by atoms with E-state index in [2.05, 4.69) is 10.6 Å². The zero-order valence-corrected chi connectivity index (χ0v) is 13.4. The number of ketones is 1. The maximum Gasteiger partial charge on any atom is 0.319 e. The molecule has 1 aromatic rings. The van der Waals surface area contributed by atoms with Gasteiger partial charge in [-0.2, -0.15) is 0 Å². The van der Waals surface area contributed by atoms with Gasteiger partial charge >= 0.3 is 6.03 Å². The first-order valence-electron chi connectivity index (χ1n) is 7.51. The molecule has 3 N–H and O–H groups in total. The van der Waals surface area contributed by atoms with Crippen molar-refractivity contribution in [3.05, 3.63) is 35.0 Å².